The molecule has 0 saturated heterocycles. The van der Waals surface area contributed by atoms with Crippen molar-refractivity contribution in [2.24, 2.45) is 0 Å². The smallest absolute Gasteiger partial charge is 0.235 e. The molecule has 0 N–H and O–H groups in total. The molecule has 0 aliphatic heterocycles. The molecule has 10 rings (SSSR count). The lowest BCUT2D eigenvalue weighted by Gasteiger charge is -2.12. The molecule has 0 bridgehead atoms. The van der Waals surface area contributed by atoms with E-state index in [9.17, 15) is 0 Å². The number of rotatable bonds is 4. The lowest BCUT2D eigenvalue weighted by atomic mass is 10.0. The average molecular weight is 613 g/mol. The van der Waals surface area contributed by atoms with Crippen molar-refractivity contribution in [3.05, 3.63) is 170 Å². The summed E-state index contributed by atoms with van der Waals surface area (Å²) in [6, 6.07) is 60.2. The number of aromatic nitrogens is 4. The highest BCUT2D eigenvalue weighted by Gasteiger charge is 2.19. The minimum absolute atomic E-state index is 0.663. The van der Waals surface area contributed by atoms with E-state index in [4.69, 9.17) is 9.97 Å². The maximum atomic E-state index is 5.28. The van der Waals surface area contributed by atoms with Gasteiger partial charge in [0.1, 0.15) is 0 Å². The van der Waals surface area contributed by atoms with Crippen LogP contribution in [0, 0.1) is 0 Å². The summed E-state index contributed by atoms with van der Waals surface area (Å²) >= 11 is 0. The Hall–Kier alpha value is -6.52. The van der Waals surface area contributed by atoms with Crippen LogP contribution in [0.4, 0.5) is 0 Å². The number of fused-ring (bicyclic) bond motifs is 7. The molecule has 3 aromatic heterocycles. The van der Waals surface area contributed by atoms with Crippen molar-refractivity contribution >= 4 is 54.5 Å². The molecule has 0 atom stereocenters. The molecule has 224 valence electrons. The Kier molecular flexibility index (Phi) is 5.84. The maximum absolute atomic E-state index is 5.28. The normalized spacial score (nSPS) is 11.8. The van der Waals surface area contributed by atoms with Crippen molar-refractivity contribution in [2.45, 2.75) is 0 Å². The van der Waals surface area contributed by atoms with Crippen molar-refractivity contribution in [1.82, 2.24) is 19.1 Å². The van der Waals surface area contributed by atoms with Crippen LogP contribution < -0.4 is 0 Å². The van der Waals surface area contributed by atoms with E-state index in [2.05, 4.69) is 167 Å². The Balaban J connectivity index is 1.23. The third kappa shape index (κ3) is 4.03. The summed E-state index contributed by atoms with van der Waals surface area (Å²) in [6.45, 7) is 0. The molecule has 0 radical (unpaired) electrons. The average Bonchev–Trinajstić information content (AvgIpc) is 3.67. The first-order chi connectivity index (χ1) is 23.8. The molecule has 3 heterocycles. The zero-order valence-corrected chi connectivity index (χ0v) is 26.0. The number of hydrogen-bond acceptors (Lipinski definition) is 2. The van der Waals surface area contributed by atoms with Crippen molar-refractivity contribution in [3.63, 3.8) is 0 Å². The molecule has 4 heteroatoms. The lowest BCUT2D eigenvalue weighted by molar-refractivity contribution is 1.01. The van der Waals surface area contributed by atoms with E-state index >= 15 is 0 Å². The van der Waals surface area contributed by atoms with E-state index in [1.54, 1.807) is 0 Å². The van der Waals surface area contributed by atoms with E-state index in [0.717, 1.165) is 50.0 Å². The van der Waals surface area contributed by atoms with Crippen LogP contribution in [-0.2, 0) is 0 Å². The topological polar surface area (TPSA) is 35.6 Å². The first kappa shape index (κ1) is 26.7. The summed E-state index contributed by atoms with van der Waals surface area (Å²) in [5.74, 6) is 0.663. The van der Waals surface area contributed by atoms with Gasteiger partial charge in [0.2, 0.25) is 5.95 Å². The van der Waals surface area contributed by atoms with Crippen LogP contribution in [0.5, 0.6) is 0 Å². The van der Waals surface area contributed by atoms with Crippen molar-refractivity contribution < 1.29 is 0 Å². The minimum atomic E-state index is 0.663. The largest absolute Gasteiger partial charge is 0.309 e. The Morgan fingerprint density at radius 1 is 0.333 bits per heavy atom. The Morgan fingerprint density at radius 2 is 0.833 bits per heavy atom. The van der Waals surface area contributed by atoms with Crippen LogP contribution >= 0.6 is 0 Å². The van der Waals surface area contributed by atoms with Gasteiger partial charge in [-0.15, -0.1) is 0 Å². The molecule has 0 fully saturated rings. The highest BCUT2D eigenvalue weighted by molar-refractivity contribution is 6.12. The van der Waals surface area contributed by atoms with Crippen LogP contribution in [0.2, 0.25) is 0 Å². The van der Waals surface area contributed by atoms with Crippen molar-refractivity contribution in [2.75, 3.05) is 0 Å². The molecule has 0 amide bonds. The van der Waals surface area contributed by atoms with Gasteiger partial charge < -0.3 is 4.57 Å². The second kappa shape index (κ2) is 10.5. The van der Waals surface area contributed by atoms with Crippen molar-refractivity contribution in [1.29, 1.82) is 0 Å². The first-order valence-corrected chi connectivity index (χ1v) is 16.3. The van der Waals surface area contributed by atoms with Gasteiger partial charge in [-0.3, -0.25) is 4.57 Å². The summed E-state index contributed by atoms with van der Waals surface area (Å²) in [6.07, 6.45) is 0. The Bertz CT molecular complexity index is 2830. The molecule has 0 spiro atoms. The number of benzene rings is 7. The number of para-hydroxylation sites is 4. The third-order valence-corrected chi connectivity index (χ3v) is 9.53. The van der Waals surface area contributed by atoms with Crippen LogP contribution in [-0.4, -0.2) is 19.1 Å². The van der Waals surface area contributed by atoms with Gasteiger partial charge >= 0.3 is 0 Å². The molecule has 7 aromatic carbocycles. The van der Waals surface area contributed by atoms with Crippen LogP contribution in [0.25, 0.3) is 88.5 Å². The number of nitrogens with zero attached hydrogens (tertiary/aromatic N) is 4. The monoisotopic (exact) mass is 612 g/mol. The number of hydrogen-bond donors (Lipinski definition) is 0. The van der Waals surface area contributed by atoms with E-state index in [-0.39, 0.29) is 0 Å². The summed E-state index contributed by atoms with van der Waals surface area (Å²) in [7, 11) is 0. The van der Waals surface area contributed by atoms with E-state index in [1.165, 1.54) is 32.6 Å². The van der Waals surface area contributed by atoms with Gasteiger partial charge in [0.25, 0.3) is 0 Å². The second-order valence-corrected chi connectivity index (χ2v) is 12.3. The van der Waals surface area contributed by atoms with Gasteiger partial charge in [0.15, 0.2) is 0 Å². The molecule has 48 heavy (non-hydrogen) atoms. The second-order valence-electron chi connectivity index (χ2n) is 12.3. The molecule has 0 aliphatic carbocycles. The van der Waals surface area contributed by atoms with Crippen molar-refractivity contribution in [3.8, 4) is 34.0 Å². The van der Waals surface area contributed by atoms with Crippen LogP contribution in [0.1, 0.15) is 0 Å². The summed E-state index contributed by atoms with van der Waals surface area (Å²) in [5, 5.41) is 5.88. The Morgan fingerprint density at radius 3 is 1.50 bits per heavy atom. The molecule has 0 unspecified atom stereocenters. The molecular weight excluding hydrogens is 585 g/mol. The SMILES string of the molecule is c1ccc(-c2nc(-n3c4ccccc4c4ccc(-c5ccc6c7ccccc7n(-c7ccccc7)c6c5)cc43)nc3ccccc23)cc1. The highest BCUT2D eigenvalue weighted by Crippen LogP contribution is 2.38. The zero-order valence-electron chi connectivity index (χ0n) is 26.0. The van der Waals surface area contributed by atoms with Crippen LogP contribution in [0.3, 0.4) is 0 Å². The molecule has 10 aromatic rings. The van der Waals surface area contributed by atoms with Gasteiger partial charge in [-0.1, -0.05) is 127 Å². The standard InChI is InChI=1S/C44H28N4/c1-3-13-29(14-4-1)43-37-19-7-10-20-38(37)45-44(46-43)48-40-22-12-9-18-34(40)36-26-24-31(28-42(36)48)30-23-25-35-33-17-8-11-21-39(33)47(41(35)27-30)32-15-5-2-6-16-32/h1-28H. The lowest BCUT2D eigenvalue weighted by Crippen LogP contribution is -2.03. The fraction of sp³-hybridized carbons (Fsp3) is 0. The first-order valence-electron chi connectivity index (χ1n) is 16.3. The van der Waals surface area contributed by atoms with Gasteiger partial charge in [-0.2, -0.15) is 0 Å². The Labute approximate surface area is 276 Å². The van der Waals surface area contributed by atoms with Gasteiger partial charge in [0, 0.05) is 38.2 Å². The zero-order chi connectivity index (χ0) is 31.6. The van der Waals surface area contributed by atoms with E-state index < -0.39 is 0 Å². The van der Waals surface area contributed by atoms with E-state index in [0.29, 0.717) is 5.95 Å². The minimum Gasteiger partial charge on any atom is -0.309 e. The summed E-state index contributed by atoms with van der Waals surface area (Å²) in [4.78, 5) is 10.4. The maximum Gasteiger partial charge on any atom is 0.235 e. The molecule has 0 saturated carbocycles. The van der Waals surface area contributed by atoms with E-state index in [1.807, 2.05) is 12.1 Å². The molecule has 4 nitrogen and oxygen atoms in total. The predicted molar refractivity (Wildman–Crippen MR) is 199 cm³/mol. The quantitative estimate of drug-likeness (QED) is 0.198. The summed E-state index contributed by atoms with van der Waals surface area (Å²) in [5.41, 5.74) is 10.9. The van der Waals surface area contributed by atoms with Gasteiger partial charge in [-0.25, -0.2) is 9.97 Å². The molecule has 0 aliphatic rings. The third-order valence-electron chi connectivity index (χ3n) is 9.53. The van der Waals surface area contributed by atoms with Gasteiger partial charge in [-0.05, 0) is 53.6 Å². The fourth-order valence-corrected chi connectivity index (χ4v) is 7.35. The fourth-order valence-electron chi connectivity index (χ4n) is 7.35. The summed E-state index contributed by atoms with van der Waals surface area (Å²) < 4.78 is 4.60. The highest BCUT2D eigenvalue weighted by atomic mass is 15.2. The van der Waals surface area contributed by atoms with Crippen LogP contribution in [0.15, 0.2) is 170 Å². The van der Waals surface area contributed by atoms with Gasteiger partial charge in [0.05, 0.1) is 33.3 Å². The predicted octanol–water partition coefficient (Wildman–Crippen LogP) is 11.2. The molecular formula is C44H28N4.